The molecule has 0 saturated heterocycles. The Labute approximate surface area is 187 Å². The van der Waals surface area contributed by atoms with Gasteiger partial charge in [-0.15, -0.1) is 0 Å². The summed E-state index contributed by atoms with van der Waals surface area (Å²) < 4.78 is 5.81. The van der Waals surface area contributed by atoms with E-state index in [-0.39, 0.29) is 12.1 Å². The second-order valence-corrected chi connectivity index (χ2v) is 11.1. The lowest BCUT2D eigenvalue weighted by molar-refractivity contribution is -0.151. The van der Waals surface area contributed by atoms with E-state index in [1.807, 2.05) is 0 Å². The zero-order valence-electron chi connectivity index (χ0n) is 20.2. The summed E-state index contributed by atoms with van der Waals surface area (Å²) in [6.45, 7) is 4.61. The molecular weight excluding hydrogens is 368 g/mol. The highest BCUT2D eigenvalue weighted by Gasteiger charge is 2.35. The summed E-state index contributed by atoms with van der Waals surface area (Å²) in [5.74, 6) is 5.05. The summed E-state index contributed by atoms with van der Waals surface area (Å²) in [6.07, 6.45) is 25.1. The number of ether oxygens (including phenoxy) is 1. The van der Waals surface area contributed by atoms with Crippen LogP contribution in [0.3, 0.4) is 0 Å². The molecule has 3 aliphatic carbocycles. The minimum absolute atomic E-state index is 0.0632. The molecule has 0 spiro atoms. The fourth-order valence-electron chi connectivity index (χ4n) is 6.95. The highest BCUT2D eigenvalue weighted by Crippen LogP contribution is 2.45. The van der Waals surface area contributed by atoms with E-state index in [1.54, 1.807) is 0 Å². The van der Waals surface area contributed by atoms with Gasteiger partial charge in [0.1, 0.15) is 6.10 Å². The molecule has 3 aliphatic rings. The van der Waals surface area contributed by atoms with Gasteiger partial charge in [0.25, 0.3) is 0 Å². The van der Waals surface area contributed by atoms with E-state index in [4.69, 9.17) is 4.74 Å². The van der Waals surface area contributed by atoms with Gasteiger partial charge in [0.05, 0.1) is 0 Å². The number of carbonyl (C=O) groups is 1. The van der Waals surface area contributed by atoms with E-state index < -0.39 is 0 Å². The Bertz CT molecular complexity index is 463. The quantitative estimate of drug-likeness (QED) is 0.263. The van der Waals surface area contributed by atoms with E-state index in [0.717, 1.165) is 48.9 Å². The Kier molecular flexibility index (Phi) is 10.5. The molecule has 0 unspecified atom stereocenters. The topological polar surface area (TPSA) is 26.3 Å². The van der Waals surface area contributed by atoms with Crippen LogP contribution in [0.4, 0.5) is 0 Å². The van der Waals surface area contributed by atoms with Gasteiger partial charge in [-0.05, 0) is 100 Å². The van der Waals surface area contributed by atoms with Crippen molar-refractivity contribution in [2.75, 3.05) is 0 Å². The van der Waals surface area contributed by atoms with Crippen LogP contribution in [-0.4, -0.2) is 12.1 Å². The van der Waals surface area contributed by atoms with Gasteiger partial charge in [-0.2, -0.15) is 0 Å². The second-order valence-electron chi connectivity index (χ2n) is 11.1. The number of esters is 1. The summed E-state index contributed by atoms with van der Waals surface area (Å²) >= 11 is 0. The molecule has 0 radical (unpaired) electrons. The van der Waals surface area contributed by atoms with Gasteiger partial charge in [-0.25, -0.2) is 0 Å². The van der Waals surface area contributed by atoms with Gasteiger partial charge in [0, 0.05) is 6.42 Å². The molecule has 2 heteroatoms. The molecule has 0 aromatic rings. The molecule has 3 rings (SSSR count). The lowest BCUT2D eigenvalue weighted by Gasteiger charge is -2.41. The molecular formula is C28H50O2. The normalized spacial score (nSPS) is 35.1. The highest BCUT2D eigenvalue weighted by atomic mass is 16.5. The lowest BCUT2D eigenvalue weighted by atomic mass is 9.65. The molecule has 0 atom stereocenters. The predicted octanol–water partition coefficient (Wildman–Crippen LogP) is 8.47. The van der Waals surface area contributed by atoms with Crippen molar-refractivity contribution in [3.8, 4) is 0 Å². The third-order valence-corrected chi connectivity index (χ3v) is 9.12. The van der Waals surface area contributed by atoms with Crippen LogP contribution in [-0.2, 0) is 9.53 Å². The minimum atomic E-state index is 0.0632. The minimum Gasteiger partial charge on any atom is -0.462 e. The largest absolute Gasteiger partial charge is 0.462 e. The molecule has 30 heavy (non-hydrogen) atoms. The van der Waals surface area contributed by atoms with Crippen molar-refractivity contribution in [3.05, 3.63) is 0 Å². The monoisotopic (exact) mass is 418 g/mol. The molecule has 174 valence electrons. The first-order valence-corrected chi connectivity index (χ1v) is 13.9. The Morgan fingerprint density at radius 1 is 0.633 bits per heavy atom. The Balaban J connectivity index is 1.27. The molecule has 0 aromatic carbocycles. The molecule has 3 fully saturated rings. The molecule has 3 saturated carbocycles. The van der Waals surface area contributed by atoms with Crippen LogP contribution in [0.5, 0.6) is 0 Å². The van der Waals surface area contributed by atoms with Gasteiger partial charge >= 0.3 is 5.97 Å². The first-order chi connectivity index (χ1) is 14.7. The van der Waals surface area contributed by atoms with Gasteiger partial charge < -0.3 is 4.74 Å². The van der Waals surface area contributed by atoms with E-state index in [0.29, 0.717) is 6.42 Å². The fourth-order valence-corrected chi connectivity index (χ4v) is 6.95. The second kappa shape index (κ2) is 13.1. The van der Waals surface area contributed by atoms with Crippen molar-refractivity contribution in [2.45, 2.75) is 142 Å². The summed E-state index contributed by atoms with van der Waals surface area (Å²) in [4.78, 5) is 12.1. The number of carbonyl (C=O) groups excluding carboxylic acids is 1. The van der Waals surface area contributed by atoms with Crippen molar-refractivity contribution in [3.63, 3.8) is 0 Å². The van der Waals surface area contributed by atoms with Crippen LogP contribution in [0.15, 0.2) is 0 Å². The Hall–Kier alpha value is -0.530. The smallest absolute Gasteiger partial charge is 0.306 e. The number of hydrogen-bond acceptors (Lipinski definition) is 2. The van der Waals surface area contributed by atoms with Crippen molar-refractivity contribution < 1.29 is 9.53 Å². The molecule has 0 amide bonds. The molecule has 0 bridgehead atoms. The first-order valence-electron chi connectivity index (χ1n) is 13.9. The summed E-state index contributed by atoms with van der Waals surface area (Å²) in [5.41, 5.74) is 0. The van der Waals surface area contributed by atoms with Crippen LogP contribution < -0.4 is 0 Å². The van der Waals surface area contributed by atoms with Gasteiger partial charge in [0.15, 0.2) is 0 Å². The maximum absolute atomic E-state index is 12.1. The van der Waals surface area contributed by atoms with Crippen molar-refractivity contribution in [2.24, 2.45) is 29.6 Å². The number of unbranched alkanes of at least 4 members (excludes halogenated alkanes) is 4. The Morgan fingerprint density at radius 2 is 1.10 bits per heavy atom. The lowest BCUT2D eigenvalue weighted by Crippen LogP contribution is -2.31. The molecule has 0 aromatic heterocycles. The average molecular weight is 419 g/mol. The van der Waals surface area contributed by atoms with E-state index in [9.17, 15) is 4.79 Å². The standard InChI is InChI=1S/C28H50O2/c1-3-5-6-7-8-9-28(29)30-27-20-18-26(19-21-27)25-16-14-24(15-17-25)23-12-10-22(4-2)11-13-23/h22-27H,3-21H2,1-2H3/t22-,23-,24-,25-,26-,27-. The number of hydrogen-bond donors (Lipinski definition) is 0. The van der Waals surface area contributed by atoms with Crippen molar-refractivity contribution >= 4 is 5.97 Å². The van der Waals surface area contributed by atoms with Gasteiger partial charge in [-0.1, -0.05) is 58.8 Å². The maximum atomic E-state index is 12.1. The van der Waals surface area contributed by atoms with Crippen LogP contribution >= 0.6 is 0 Å². The summed E-state index contributed by atoms with van der Waals surface area (Å²) in [6, 6.07) is 0. The predicted molar refractivity (Wildman–Crippen MR) is 126 cm³/mol. The molecule has 0 heterocycles. The van der Waals surface area contributed by atoms with Crippen molar-refractivity contribution in [1.82, 2.24) is 0 Å². The summed E-state index contributed by atoms with van der Waals surface area (Å²) in [5, 5.41) is 0. The fraction of sp³-hybridized carbons (Fsp3) is 0.964. The number of rotatable bonds is 10. The van der Waals surface area contributed by atoms with Gasteiger partial charge in [0.2, 0.25) is 0 Å². The zero-order chi connectivity index (χ0) is 21.2. The van der Waals surface area contributed by atoms with E-state index >= 15 is 0 Å². The van der Waals surface area contributed by atoms with Gasteiger partial charge in [-0.3, -0.25) is 4.79 Å². The van der Waals surface area contributed by atoms with E-state index in [2.05, 4.69) is 13.8 Å². The molecule has 2 nitrogen and oxygen atoms in total. The van der Waals surface area contributed by atoms with Crippen LogP contribution in [0.2, 0.25) is 0 Å². The zero-order valence-corrected chi connectivity index (χ0v) is 20.2. The molecule has 0 N–H and O–H groups in total. The highest BCUT2D eigenvalue weighted by molar-refractivity contribution is 5.69. The third kappa shape index (κ3) is 7.56. The molecule has 0 aliphatic heterocycles. The Morgan fingerprint density at radius 3 is 1.60 bits per heavy atom. The van der Waals surface area contributed by atoms with Crippen LogP contribution in [0.1, 0.15) is 136 Å². The van der Waals surface area contributed by atoms with E-state index in [1.165, 1.54) is 96.3 Å². The SMILES string of the molecule is CCCCCCCC(=O)O[C@H]1CC[C@H]([C@H]2CC[C@H]([C@H]3CC[C@H](CC)CC3)CC2)CC1. The first kappa shape index (κ1) is 24.1. The third-order valence-electron chi connectivity index (χ3n) is 9.12. The average Bonchev–Trinajstić information content (AvgIpc) is 2.80. The van der Waals surface area contributed by atoms with Crippen LogP contribution in [0, 0.1) is 29.6 Å². The van der Waals surface area contributed by atoms with Crippen molar-refractivity contribution in [1.29, 1.82) is 0 Å². The maximum Gasteiger partial charge on any atom is 0.306 e. The summed E-state index contributed by atoms with van der Waals surface area (Å²) in [7, 11) is 0. The van der Waals surface area contributed by atoms with Crippen LogP contribution in [0.25, 0.3) is 0 Å².